The van der Waals surface area contributed by atoms with E-state index < -0.39 is 28.1 Å². The van der Waals surface area contributed by atoms with Crippen LogP contribution >= 0.6 is 0 Å². The van der Waals surface area contributed by atoms with E-state index in [2.05, 4.69) is 5.16 Å². The van der Waals surface area contributed by atoms with Crippen LogP contribution in [0.4, 0.5) is 18.9 Å². The molecule has 6 nitrogen and oxygen atoms in total. The maximum atomic E-state index is 12.6. The van der Waals surface area contributed by atoms with E-state index in [4.69, 9.17) is 9.94 Å². The first kappa shape index (κ1) is 15.7. The molecule has 1 N–H and O–H groups in total. The summed E-state index contributed by atoms with van der Waals surface area (Å²) in [5.41, 5.74) is -2.85. The molecule has 0 saturated heterocycles. The highest BCUT2D eigenvalue weighted by atomic mass is 19.4. The van der Waals surface area contributed by atoms with E-state index in [0.29, 0.717) is 12.5 Å². The molecule has 0 aromatic heterocycles. The standard InChI is InChI=1S/C11H11F3N2O4/c1-2-5-20-9-4-3-7(6-8(9)16(18)19)10(15-17)11(12,13)14/h3-4,6,17H,2,5H2,1H3. The Kier molecular flexibility index (Phi) is 4.89. The molecule has 0 saturated carbocycles. The number of halogens is 3. The van der Waals surface area contributed by atoms with E-state index in [1.165, 1.54) is 0 Å². The topological polar surface area (TPSA) is 85.0 Å². The average molecular weight is 292 g/mol. The lowest BCUT2D eigenvalue weighted by Gasteiger charge is -2.10. The normalized spacial score (nSPS) is 12.3. The molecule has 0 atom stereocenters. The van der Waals surface area contributed by atoms with Crippen molar-refractivity contribution in [1.82, 2.24) is 0 Å². The summed E-state index contributed by atoms with van der Waals surface area (Å²) in [4.78, 5) is 9.98. The molecule has 20 heavy (non-hydrogen) atoms. The number of nitrogens with zero attached hydrogens (tertiary/aromatic N) is 2. The first-order valence-electron chi connectivity index (χ1n) is 5.52. The second-order valence-corrected chi connectivity index (χ2v) is 3.73. The van der Waals surface area contributed by atoms with Crippen LogP contribution in [-0.4, -0.2) is 28.6 Å². The smallest absolute Gasteiger partial charge is 0.437 e. The molecule has 0 aliphatic carbocycles. The molecular weight excluding hydrogens is 281 g/mol. The minimum atomic E-state index is -4.92. The number of benzene rings is 1. The van der Waals surface area contributed by atoms with Crippen LogP contribution in [0.15, 0.2) is 23.4 Å². The number of nitro groups is 1. The second kappa shape index (κ2) is 6.22. The number of nitro benzene ring substituents is 1. The fourth-order valence-electron chi connectivity index (χ4n) is 1.42. The van der Waals surface area contributed by atoms with Gasteiger partial charge in [0, 0.05) is 11.6 Å². The highest BCUT2D eigenvalue weighted by molar-refractivity contribution is 6.04. The minimum Gasteiger partial charge on any atom is -0.487 e. The summed E-state index contributed by atoms with van der Waals surface area (Å²) in [6.45, 7) is 1.97. The second-order valence-electron chi connectivity index (χ2n) is 3.73. The Hall–Kier alpha value is -2.32. The zero-order valence-electron chi connectivity index (χ0n) is 10.3. The van der Waals surface area contributed by atoms with Crippen LogP contribution in [0, 0.1) is 10.1 Å². The number of alkyl halides is 3. The van der Waals surface area contributed by atoms with Gasteiger partial charge in [-0.2, -0.15) is 13.2 Å². The van der Waals surface area contributed by atoms with Crippen molar-refractivity contribution in [3.05, 3.63) is 33.9 Å². The molecular formula is C11H11F3N2O4. The fraction of sp³-hybridized carbons (Fsp3) is 0.364. The van der Waals surface area contributed by atoms with Gasteiger partial charge in [-0.25, -0.2) is 0 Å². The van der Waals surface area contributed by atoms with E-state index in [1.54, 1.807) is 6.92 Å². The summed E-state index contributed by atoms with van der Waals surface area (Å²) in [5, 5.41) is 21.4. The zero-order valence-corrected chi connectivity index (χ0v) is 10.3. The highest BCUT2D eigenvalue weighted by Crippen LogP contribution is 2.31. The quantitative estimate of drug-likeness (QED) is 0.391. The summed E-state index contributed by atoms with van der Waals surface area (Å²) in [7, 11) is 0. The first-order chi connectivity index (χ1) is 9.31. The molecule has 1 aromatic rings. The molecule has 0 unspecified atom stereocenters. The third-order valence-electron chi connectivity index (χ3n) is 2.26. The predicted octanol–water partition coefficient (Wildman–Crippen LogP) is 3.12. The molecule has 0 fully saturated rings. The predicted molar refractivity (Wildman–Crippen MR) is 63.3 cm³/mol. The van der Waals surface area contributed by atoms with E-state index in [9.17, 15) is 23.3 Å². The van der Waals surface area contributed by atoms with Crippen LogP contribution in [-0.2, 0) is 0 Å². The Labute approximate surface area is 111 Å². The van der Waals surface area contributed by atoms with Crippen LogP contribution < -0.4 is 4.74 Å². The van der Waals surface area contributed by atoms with Gasteiger partial charge in [-0.05, 0) is 18.6 Å². The SMILES string of the molecule is CCCOc1ccc(C(=NO)C(F)(F)F)cc1[N+](=O)[O-]. The van der Waals surface area contributed by atoms with E-state index in [1.807, 2.05) is 0 Å². The molecule has 0 heterocycles. The number of ether oxygens (including phenoxy) is 1. The van der Waals surface area contributed by atoms with Gasteiger partial charge in [-0.1, -0.05) is 12.1 Å². The molecule has 0 spiro atoms. The molecule has 1 rings (SSSR count). The molecule has 0 amide bonds. The third kappa shape index (κ3) is 3.59. The highest BCUT2D eigenvalue weighted by Gasteiger charge is 2.38. The van der Waals surface area contributed by atoms with Gasteiger partial charge >= 0.3 is 11.9 Å². The minimum absolute atomic E-state index is 0.139. The monoisotopic (exact) mass is 292 g/mol. The number of hydrogen-bond donors (Lipinski definition) is 1. The van der Waals surface area contributed by atoms with Crippen LogP contribution in [0.2, 0.25) is 0 Å². The molecule has 0 aliphatic heterocycles. The van der Waals surface area contributed by atoms with Gasteiger partial charge in [0.1, 0.15) is 0 Å². The van der Waals surface area contributed by atoms with Gasteiger partial charge in [0.2, 0.25) is 0 Å². The van der Waals surface area contributed by atoms with Crippen molar-refractivity contribution >= 4 is 11.4 Å². The molecule has 9 heteroatoms. The average Bonchev–Trinajstić information content (AvgIpc) is 2.36. The van der Waals surface area contributed by atoms with E-state index in [0.717, 1.165) is 12.1 Å². The van der Waals surface area contributed by atoms with Crippen molar-refractivity contribution in [1.29, 1.82) is 0 Å². The van der Waals surface area contributed by atoms with Crippen molar-refractivity contribution in [2.75, 3.05) is 6.61 Å². The van der Waals surface area contributed by atoms with Crippen molar-refractivity contribution in [3.8, 4) is 5.75 Å². The Morgan fingerprint density at radius 1 is 1.50 bits per heavy atom. The number of rotatable bonds is 5. The van der Waals surface area contributed by atoms with Crippen LogP contribution in [0.25, 0.3) is 0 Å². The van der Waals surface area contributed by atoms with Gasteiger partial charge in [-0.15, -0.1) is 0 Å². The van der Waals surface area contributed by atoms with Crippen molar-refractivity contribution < 1.29 is 28.0 Å². The molecule has 0 bridgehead atoms. The summed E-state index contributed by atoms with van der Waals surface area (Å²) >= 11 is 0. The number of hydrogen-bond acceptors (Lipinski definition) is 5. The van der Waals surface area contributed by atoms with Gasteiger partial charge in [0.25, 0.3) is 0 Å². The largest absolute Gasteiger partial charge is 0.487 e. The third-order valence-corrected chi connectivity index (χ3v) is 2.26. The zero-order chi connectivity index (χ0) is 15.3. The van der Waals surface area contributed by atoms with E-state index in [-0.39, 0.29) is 12.4 Å². The molecule has 110 valence electrons. The molecule has 1 aromatic carbocycles. The Bertz CT molecular complexity index is 529. The fourth-order valence-corrected chi connectivity index (χ4v) is 1.42. The summed E-state index contributed by atoms with van der Waals surface area (Å²) in [5.74, 6) is -0.139. The maximum absolute atomic E-state index is 12.6. The van der Waals surface area contributed by atoms with Crippen LogP contribution in [0.1, 0.15) is 18.9 Å². The Morgan fingerprint density at radius 3 is 2.60 bits per heavy atom. The summed E-state index contributed by atoms with van der Waals surface area (Å²) in [6.07, 6.45) is -4.33. The molecule has 0 radical (unpaired) electrons. The van der Waals surface area contributed by atoms with Gasteiger partial charge < -0.3 is 9.94 Å². The maximum Gasteiger partial charge on any atom is 0.437 e. The van der Waals surface area contributed by atoms with Crippen molar-refractivity contribution in [2.24, 2.45) is 5.16 Å². The van der Waals surface area contributed by atoms with Gasteiger partial charge in [0.05, 0.1) is 11.5 Å². The first-order valence-corrected chi connectivity index (χ1v) is 5.52. The lowest BCUT2D eigenvalue weighted by atomic mass is 10.1. The summed E-state index contributed by atoms with van der Waals surface area (Å²) < 4.78 is 42.7. The van der Waals surface area contributed by atoms with Gasteiger partial charge in [-0.3, -0.25) is 10.1 Å². The Morgan fingerprint density at radius 2 is 2.15 bits per heavy atom. The van der Waals surface area contributed by atoms with Gasteiger partial charge in [0.15, 0.2) is 11.5 Å². The van der Waals surface area contributed by atoms with Crippen molar-refractivity contribution in [2.45, 2.75) is 19.5 Å². The van der Waals surface area contributed by atoms with Crippen LogP contribution in [0.5, 0.6) is 5.75 Å². The lowest BCUT2D eigenvalue weighted by molar-refractivity contribution is -0.385. The lowest BCUT2D eigenvalue weighted by Crippen LogP contribution is -2.24. The Balaban J connectivity index is 3.26. The van der Waals surface area contributed by atoms with E-state index >= 15 is 0 Å². The number of oxime groups is 1. The molecule has 0 aliphatic rings. The van der Waals surface area contributed by atoms with Crippen molar-refractivity contribution in [3.63, 3.8) is 0 Å². The van der Waals surface area contributed by atoms with Crippen LogP contribution in [0.3, 0.4) is 0 Å². The summed E-state index contributed by atoms with van der Waals surface area (Å²) in [6, 6.07) is 2.65.